The molecule has 8 heteroatoms. The normalized spacial score (nSPS) is 25.3. The first kappa shape index (κ1) is 15.7. The van der Waals surface area contributed by atoms with Crippen LogP contribution in [0.25, 0.3) is 0 Å². The van der Waals surface area contributed by atoms with Crippen molar-refractivity contribution in [1.29, 1.82) is 0 Å². The van der Waals surface area contributed by atoms with Crippen molar-refractivity contribution < 1.29 is 14.5 Å². The molecule has 7 nitrogen and oxygen atoms in total. The Morgan fingerprint density at radius 1 is 1.52 bits per heavy atom. The van der Waals surface area contributed by atoms with E-state index in [0.717, 1.165) is 0 Å². The Balaban J connectivity index is 2.23. The molecule has 0 aliphatic heterocycles. The molecule has 21 heavy (non-hydrogen) atoms. The van der Waals surface area contributed by atoms with Gasteiger partial charge in [-0.3, -0.25) is 14.9 Å². The number of nitro groups is 1. The fourth-order valence-corrected chi connectivity index (χ4v) is 2.95. The van der Waals surface area contributed by atoms with E-state index in [1.165, 1.54) is 6.07 Å². The van der Waals surface area contributed by atoms with Crippen LogP contribution in [0.5, 0.6) is 5.75 Å². The molecule has 1 aromatic rings. The van der Waals surface area contributed by atoms with Crippen LogP contribution in [0.1, 0.15) is 25.7 Å². The van der Waals surface area contributed by atoms with Crippen molar-refractivity contribution >= 4 is 27.5 Å². The van der Waals surface area contributed by atoms with E-state index >= 15 is 0 Å². The Kier molecular flexibility index (Phi) is 4.48. The van der Waals surface area contributed by atoms with E-state index in [1.54, 1.807) is 12.1 Å². The standard InChI is InChI=1S/C13H16BrN3O4/c14-9-4-1-5-10(17(19)20)11(9)21-8-3-2-6-13(16,7-8)12(15)18/h1,4-5,8H,2-3,6-7,16H2,(H2,15,18). The molecule has 2 unspecified atom stereocenters. The van der Waals surface area contributed by atoms with Crippen LogP contribution in [0.15, 0.2) is 22.7 Å². The number of carbonyl (C=O) groups is 1. The van der Waals surface area contributed by atoms with Crippen molar-refractivity contribution in [2.75, 3.05) is 0 Å². The van der Waals surface area contributed by atoms with Crippen LogP contribution >= 0.6 is 15.9 Å². The van der Waals surface area contributed by atoms with Crippen LogP contribution in [0.3, 0.4) is 0 Å². The number of para-hydroxylation sites is 1. The molecule has 0 aromatic heterocycles. The second kappa shape index (κ2) is 5.98. The van der Waals surface area contributed by atoms with Gasteiger partial charge in [-0.15, -0.1) is 0 Å². The fourth-order valence-electron chi connectivity index (χ4n) is 2.50. The van der Waals surface area contributed by atoms with Crippen molar-refractivity contribution in [2.45, 2.75) is 37.3 Å². The molecule has 1 amide bonds. The molecule has 0 spiro atoms. The average molecular weight is 358 g/mol. The zero-order valence-corrected chi connectivity index (χ0v) is 12.8. The largest absolute Gasteiger partial charge is 0.483 e. The molecule has 1 saturated carbocycles. The van der Waals surface area contributed by atoms with Gasteiger partial charge in [0.2, 0.25) is 11.7 Å². The molecular formula is C13H16BrN3O4. The molecule has 1 fully saturated rings. The van der Waals surface area contributed by atoms with E-state index in [-0.39, 0.29) is 24.0 Å². The predicted molar refractivity (Wildman–Crippen MR) is 79.8 cm³/mol. The van der Waals surface area contributed by atoms with Gasteiger partial charge in [0.25, 0.3) is 0 Å². The van der Waals surface area contributed by atoms with Gasteiger partial charge >= 0.3 is 5.69 Å². The van der Waals surface area contributed by atoms with Gasteiger partial charge in [-0.05, 0) is 41.3 Å². The number of primary amides is 1. The summed E-state index contributed by atoms with van der Waals surface area (Å²) >= 11 is 3.25. The summed E-state index contributed by atoms with van der Waals surface area (Å²) in [5.41, 5.74) is 10.1. The summed E-state index contributed by atoms with van der Waals surface area (Å²) in [5, 5.41) is 11.1. The highest BCUT2D eigenvalue weighted by molar-refractivity contribution is 9.10. The van der Waals surface area contributed by atoms with Crippen LogP contribution in [0, 0.1) is 10.1 Å². The lowest BCUT2D eigenvalue weighted by Crippen LogP contribution is -2.56. The van der Waals surface area contributed by atoms with Crippen molar-refractivity contribution in [3.8, 4) is 5.75 Å². The molecule has 114 valence electrons. The second-order valence-electron chi connectivity index (χ2n) is 5.20. The highest BCUT2D eigenvalue weighted by Gasteiger charge is 2.39. The van der Waals surface area contributed by atoms with Gasteiger partial charge in [0.05, 0.1) is 14.9 Å². The summed E-state index contributed by atoms with van der Waals surface area (Å²) in [6.45, 7) is 0. The molecule has 4 N–H and O–H groups in total. The smallest absolute Gasteiger partial charge is 0.312 e. The Hall–Kier alpha value is -1.67. The third-order valence-corrected chi connectivity index (χ3v) is 4.28. The third kappa shape index (κ3) is 3.33. The van der Waals surface area contributed by atoms with Crippen molar-refractivity contribution in [2.24, 2.45) is 11.5 Å². The first-order chi connectivity index (χ1) is 9.83. The Morgan fingerprint density at radius 3 is 2.86 bits per heavy atom. The number of carbonyl (C=O) groups excluding carboxylic acids is 1. The Morgan fingerprint density at radius 2 is 2.24 bits per heavy atom. The summed E-state index contributed by atoms with van der Waals surface area (Å²) in [4.78, 5) is 22.0. The summed E-state index contributed by atoms with van der Waals surface area (Å²) in [7, 11) is 0. The van der Waals surface area contributed by atoms with E-state index in [9.17, 15) is 14.9 Å². The van der Waals surface area contributed by atoms with Crippen LogP contribution in [0.2, 0.25) is 0 Å². The summed E-state index contributed by atoms with van der Waals surface area (Å²) in [6, 6.07) is 4.59. The number of benzene rings is 1. The van der Waals surface area contributed by atoms with Crippen molar-refractivity contribution in [3.63, 3.8) is 0 Å². The van der Waals surface area contributed by atoms with Crippen LogP contribution in [-0.2, 0) is 4.79 Å². The average Bonchev–Trinajstić information content (AvgIpc) is 2.40. The van der Waals surface area contributed by atoms with E-state index < -0.39 is 16.4 Å². The summed E-state index contributed by atoms with van der Waals surface area (Å²) in [6.07, 6.45) is 1.72. The number of rotatable bonds is 4. The molecule has 2 rings (SSSR count). The van der Waals surface area contributed by atoms with Gasteiger partial charge in [0.15, 0.2) is 0 Å². The number of hydrogen-bond donors (Lipinski definition) is 2. The first-order valence-corrected chi connectivity index (χ1v) is 7.31. The topological polar surface area (TPSA) is 121 Å². The van der Waals surface area contributed by atoms with Crippen LogP contribution in [-0.4, -0.2) is 22.5 Å². The highest BCUT2D eigenvalue weighted by Crippen LogP contribution is 2.38. The number of ether oxygens (including phenoxy) is 1. The number of nitro benzene ring substituents is 1. The Labute approximate surface area is 129 Å². The fraction of sp³-hybridized carbons (Fsp3) is 0.462. The predicted octanol–water partition coefficient (Wildman–Crippen LogP) is 1.86. The summed E-state index contributed by atoms with van der Waals surface area (Å²) < 4.78 is 6.24. The van der Waals surface area contributed by atoms with Gasteiger partial charge in [-0.2, -0.15) is 0 Å². The Bertz CT molecular complexity index is 581. The number of halogens is 1. The van der Waals surface area contributed by atoms with Gasteiger partial charge in [0.1, 0.15) is 6.10 Å². The molecular weight excluding hydrogens is 342 g/mol. The zero-order chi connectivity index (χ0) is 15.6. The lowest BCUT2D eigenvalue weighted by atomic mass is 9.80. The molecule has 1 aliphatic carbocycles. The van der Waals surface area contributed by atoms with E-state index in [4.69, 9.17) is 16.2 Å². The van der Waals surface area contributed by atoms with E-state index in [1.807, 2.05) is 0 Å². The monoisotopic (exact) mass is 357 g/mol. The summed E-state index contributed by atoms with van der Waals surface area (Å²) in [5.74, 6) is -0.418. The maximum atomic E-state index is 11.4. The minimum Gasteiger partial charge on any atom is -0.483 e. The first-order valence-electron chi connectivity index (χ1n) is 6.52. The maximum absolute atomic E-state index is 11.4. The molecule has 0 heterocycles. The van der Waals surface area contributed by atoms with Crippen LogP contribution < -0.4 is 16.2 Å². The van der Waals surface area contributed by atoms with Crippen LogP contribution in [0.4, 0.5) is 5.69 Å². The van der Waals surface area contributed by atoms with Gasteiger partial charge in [-0.25, -0.2) is 0 Å². The molecule has 0 saturated heterocycles. The number of amides is 1. The van der Waals surface area contributed by atoms with E-state index in [2.05, 4.69) is 15.9 Å². The van der Waals surface area contributed by atoms with Crippen molar-refractivity contribution in [1.82, 2.24) is 0 Å². The quantitative estimate of drug-likeness (QED) is 0.628. The SMILES string of the molecule is NC(=O)C1(N)CCCC(Oc2c(Br)cccc2[N+](=O)[O-])C1. The molecule has 0 radical (unpaired) electrons. The number of nitrogens with zero attached hydrogens (tertiary/aromatic N) is 1. The molecule has 0 bridgehead atoms. The highest BCUT2D eigenvalue weighted by atomic mass is 79.9. The second-order valence-corrected chi connectivity index (χ2v) is 6.06. The maximum Gasteiger partial charge on any atom is 0.312 e. The molecule has 2 atom stereocenters. The minimum atomic E-state index is -1.11. The van der Waals surface area contributed by atoms with Gasteiger partial charge < -0.3 is 16.2 Å². The van der Waals surface area contributed by atoms with Gasteiger partial charge in [0, 0.05) is 12.5 Å². The number of hydrogen-bond acceptors (Lipinski definition) is 5. The van der Waals surface area contributed by atoms with Crippen molar-refractivity contribution in [3.05, 3.63) is 32.8 Å². The number of nitrogens with two attached hydrogens (primary N) is 2. The lowest BCUT2D eigenvalue weighted by Gasteiger charge is -2.35. The molecule has 1 aromatic carbocycles. The minimum absolute atomic E-state index is 0.128. The lowest BCUT2D eigenvalue weighted by molar-refractivity contribution is -0.386. The van der Waals surface area contributed by atoms with Gasteiger partial charge in [-0.1, -0.05) is 6.07 Å². The van der Waals surface area contributed by atoms with E-state index in [0.29, 0.717) is 23.7 Å². The zero-order valence-electron chi connectivity index (χ0n) is 11.3. The third-order valence-electron chi connectivity index (χ3n) is 3.66. The molecule has 1 aliphatic rings.